The third kappa shape index (κ3) is 8.26. The van der Waals surface area contributed by atoms with Crippen LogP contribution in [0.4, 0.5) is 0 Å². The minimum Gasteiger partial charge on any atom is -1.00 e. The van der Waals surface area contributed by atoms with Gasteiger partial charge >= 0.3 is 0 Å². The van der Waals surface area contributed by atoms with E-state index in [0.29, 0.717) is 6.61 Å². The number of hydrogen-bond donors (Lipinski definition) is 2. The lowest BCUT2D eigenvalue weighted by atomic mass is 10.2. The summed E-state index contributed by atoms with van der Waals surface area (Å²) >= 11 is 0. The molecule has 11 heavy (non-hydrogen) atoms. The normalized spacial score (nSPS) is 12.8. The van der Waals surface area contributed by atoms with Crippen LogP contribution in [0, 0.1) is 5.92 Å². The second-order valence-corrected chi connectivity index (χ2v) is 2.74. The molecule has 0 aromatic heterocycles. The van der Waals surface area contributed by atoms with E-state index in [2.05, 4.69) is 0 Å². The van der Waals surface area contributed by atoms with Crippen LogP contribution < -0.4 is 22.5 Å². The molecule has 0 aliphatic heterocycles. The Hall–Kier alpha value is 0.360. The molecule has 0 radical (unpaired) electrons. The Kier molecular flexibility index (Phi) is 10.7. The Morgan fingerprint density at radius 2 is 2.00 bits per heavy atom. The standard InChI is InChI=1S/C7H17NO2.BrH/c1-4-5-10-8-7(9)6(2)3;/h6-9H,4-5H2,1-3H3;1H. The van der Waals surface area contributed by atoms with Crippen LogP contribution in [-0.2, 0) is 4.84 Å². The van der Waals surface area contributed by atoms with Crippen molar-refractivity contribution < 1.29 is 32.4 Å². The summed E-state index contributed by atoms with van der Waals surface area (Å²) in [5, 5.41) is 9.17. The first-order valence-corrected chi connectivity index (χ1v) is 3.81. The van der Waals surface area contributed by atoms with Crippen molar-refractivity contribution >= 4 is 0 Å². The average Bonchev–Trinajstić information content (AvgIpc) is 1.88. The Morgan fingerprint density at radius 1 is 1.45 bits per heavy atom. The molecule has 0 amide bonds. The largest absolute Gasteiger partial charge is 1.00 e. The second kappa shape index (κ2) is 8.46. The average molecular weight is 228 g/mol. The highest BCUT2D eigenvalue weighted by molar-refractivity contribution is 4.39. The van der Waals surface area contributed by atoms with Gasteiger partial charge in [0.15, 0.2) is 0 Å². The van der Waals surface area contributed by atoms with E-state index in [1.165, 1.54) is 5.48 Å². The summed E-state index contributed by atoms with van der Waals surface area (Å²) in [5.74, 6) is 0.247. The van der Waals surface area contributed by atoms with E-state index in [9.17, 15) is 5.11 Å². The third-order valence-electron chi connectivity index (χ3n) is 1.24. The fourth-order valence-corrected chi connectivity index (χ4v) is 0.442. The Labute approximate surface area is 78.9 Å². The Balaban J connectivity index is 0. The lowest BCUT2D eigenvalue weighted by molar-refractivity contribution is -0.941. The summed E-state index contributed by atoms with van der Waals surface area (Å²) in [6.07, 6.45) is 0.563. The molecule has 0 fully saturated rings. The van der Waals surface area contributed by atoms with E-state index >= 15 is 0 Å². The van der Waals surface area contributed by atoms with Crippen LogP contribution in [-0.4, -0.2) is 17.9 Å². The number of nitrogens with two attached hydrogens (primary N) is 1. The monoisotopic (exact) mass is 227 g/mol. The molecule has 1 atom stereocenters. The van der Waals surface area contributed by atoms with Gasteiger partial charge in [-0.15, -0.1) is 0 Å². The SMILES string of the molecule is CCCO[NH2+]C(O)C(C)C.[Br-]. The van der Waals surface area contributed by atoms with Gasteiger partial charge in [0.05, 0.1) is 0 Å². The molecule has 0 heterocycles. The minimum atomic E-state index is -0.424. The molecule has 3 N–H and O–H groups in total. The van der Waals surface area contributed by atoms with Crippen LogP contribution in [0.1, 0.15) is 27.2 Å². The molecule has 0 spiro atoms. The van der Waals surface area contributed by atoms with E-state index in [-0.39, 0.29) is 22.9 Å². The first kappa shape index (κ1) is 13.9. The van der Waals surface area contributed by atoms with Gasteiger partial charge in [-0.05, 0) is 6.42 Å². The number of rotatable bonds is 5. The Bertz CT molecular complexity index is 80.8. The van der Waals surface area contributed by atoms with Gasteiger partial charge < -0.3 is 22.1 Å². The first-order valence-electron chi connectivity index (χ1n) is 3.81. The highest BCUT2D eigenvalue weighted by Crippen LogP contribution is 1.90. The van der Waals surface area contributed by atoms with Gasteiger partial charge in [-0.25, -0.2) is 4.84 Å². The maximum absolute atomic E-state index is 9.17. The predicted molar refractivity (Wildman–Crippen MR) is 39.0 cm³/mol. The molecule has 0 aromatic rings. The van der Waals surface area contributed by atoms with Crippen LogP contribution in [0.15, 0.2) is 0 Å². The van der Waals surface area contributed by atoms with Crippen molar-refractivity contribution in [2.24, 2.45) is 5.92 Å². The van der Waals surface area contributed by atoms with Gasteiger partial charge in [0.2, 0.25) is 6.23 Å². The van der Waals surface area contributed by atoms with E-state index < -0.39 is 6.23 Å². The van der Waals surface area contributed by atoms with Crippen molar-refractivity contribution in [3.05, 3.63) is 0 Å². The fraction of sp³-hybridized carbons (Fsp3) is 1.00. The van der Waals surface area contributed by atoms with Crippen LogP contribution in [0.2, 0.25) is 0 Å². The third-order valence-corrected chi connectivity index (χ3v) is 1.24. The molecule has 70 valence electrons. The maximum atomic E-state index is 9.17. The van der Waals surface area contributed by atoms with Crippen LogP contribution in [0.3, 0.4) is 0 Å². The van der Waals surface area contributed by atoms with Gasteiger partial charge in [0, 0.05) is 5.92 Å². The highest BCUT2D eigenvalue weighted by Gasteiger charge is 2.11. The molecule has 0 saturated carbocycles. The van der Waals surface area contributed by atoms with Gasteiger partial charge in [0.1, 0.15) is 6.61 Å². The molecule has 0 aromatic carbocycles. The number of quaternary nitrogens is 1. The van der Waals surface area contributed by atoms with Gasteiger partial charge in [-0.2, -0.15) is 5.48 Å². The van der Waals surface area contributed by atoms with E-state index in [0.717, 1.165) is 6.42 Å². The molecule has 4 heteroatoms. The Morgan fingerprint density at radius 3 is 2.36 bits per heavy atom. The van der Waals surface area contributed by atoms with Gasteiger partial charge in [-0.3, -0.25) is 0 Å². The number of aliphatic hydroxyl groups is 1. The molecule has 0 aliphatic rings. The lowest BCUT2D eigenvalue weighted by Gasteiger charge is -2.10. The molecule has 1 unspecified atom stereocenters. The number of aliphatic hydroxyl groups excluding tert-OH is 1. The van der Waals surface area contributed by atoms with Crippen molar-refractivity contribution in [1.29, 1.82) is 0 Å². The molecule has 0 aliphatic carbocycles. The topological polar surface area (TPSA) is 46.1 Å². The summed E-state index contributed by atoms with van der Waals surface area (Å²) in [4.78, 5) is 5.03. The van der Waals surface area contributed by atoms with E-state index in [1.807, 2.05) is 20.8 Å². The second-order valence-electron chi connectivity index (χ2n) is 2.74. The summed E-state index contributed by atoms with van der Waals surface area (Å²) < 4.78 is 0. The zero-order valence-corrected chi connectivity index (χ0v) is 8.97. The van der Waals surface area contributed by atoms with Crippen LogP contribution in [0.5, 0.6) is 0 Å². The zero-order chi connectivity index (χ0) is 7.98. The fourth-order valence-electron chi connectivity index (χ4n) is 0.442. The molecule has 0 rings (SSSR count). The van der Waals surface area contributed by atoms with Crippen molar-refractivity contribution in [1.82, 2.24) is 0 Å². The van der Waals surface area contributed by atoms with Gasteiger partial charge in [-0.1, -0.05) is 20.8 Å². The van der Waals surface area contributed by atoms with Crippen molar-refractivity contribution in [3.8, 4) is 0 Å². The molecule has 3 nitrogen and oxygen atoms in total. The first-order chi connectivity index (χ1) is 4.68. The summed E-state index contributed by atoms with van der Waals surface area (Å²) in [5.41, 5.74) is 1.51. The zero-order valence-electron chi connectivity index (χ0n) is 7.38. The van der Waals surface area contributed by atoms with Crippen molar-refractivity contribution in [2.75, 3.05) is 6.61 Å². The number of halogens is 1. The number of hydrogen-bond acceptors (Lipinski definition) is 2. The predicted octanol–water partition coefficient (Wildman–Crippen LogP) is -3.13. The molecular weight excluding hydrogens is 210 g/mol. The number of hydroxylamine groups is 1. The van der Waals surface area contributed by atoms with Crippen molar-refractivity contribution in [2.45, 2.75) is 33.4 Å². The van der Waals surface area contributed by atoms with E-state index in [4.69, 9.17) is 4.84 Å². The van der Waals surface area contributed by atoms with Crippen LogP contribution in [0.25, 0.3) is 0 Å². The molecule has 0 saturated heterocycles. The minimum absolute atomic E-state index is 0. The highest BCUT2D eigenvalue weighted by atomic mass is 79.9. The van der Waals surface area contributed by atoms with Crippen LogP contribution >= 0.6 is 0 Å². The smallest absolute Gasteiger partial charge is 0.219 e. The van der Waals surface area contributed by atoms with Gasteiger partial charge in [0.25, 0.3) is 0 Å². The summed E-state index contributed by atoms with van der Waals surface area (Å²) in [6.45, 7) is 6.65. The summed E-state index contributed by atoms with van der Waals surface area (Å²) in [6, 6.07) is 0. The quantitative estimate of drug-likeness (QED) is 0.297. The maximum Gasteiger partial charge on any atom is 0.219 e. The molecule has 0 bridgehead atoms. The van der Waals surface area contributed by atoms with Crippen molar-refractivity contribution in [3.63, 3.8) is 0 Å². The molecular formula is C7H18BrNO2. The summed E-state index contributed by atoms with van der Waals surface area (Å²) in [7, 11) is 0. The van der Waals surface area contributed by atoms with E-state index in [1.54, 1.807) is 0 Å². The lowest BCUT2D eigenvalue weighted by Crippen LogP contribution is -3.00.